The third-order valence-corrected chi connectivity index (χ3v) is 3.17. The van der Waals surface area contributed by atoms with E-state index in [0.29, 0.717) is 11.4 Å². The minimum absolute atomic E-state index is 0.0904. The van der Waals surface area contributed by atoms with Crippen molar-refractivity contribution in [3.8, 4) is 0 Å². The van der Waals surface area contributed by atoms with Gasteiger partial charge in [-0.1, -0.05) is 32.9 Å². The summed E-state index contributed by atoms with van der Waals surface area (Å²) in [6, 6.07) is 11.4. The molecule has 0 saturated carbocycles. The molecule has 1 heterocycles. The molecule has 0 aliphatic carbocycles. The first-order chi connectivity index (χ1) is 9.36. The minimum Gasteiger partial charge on any atom is -0.307 e. The van der Waals surface area contributed by atoms with E-state index in [2.05, 4.69) is 31.1 Å². The van der Waals surface area contributed by atoms with E-state index in [9.17, 15) is 4.79 Å². The number of rotatable bonds is 2. The van der Waals surface area contributed by atoms with E-state index >= 15 is 0 Å². The fourth-order valence-corrected chi connectivity index (χ4v) is 1.91. The quantitative estimate of drug-likeness (QED) is 0.896. The van der Waals surface area contributed by atoms with Crippen molar-refractivity contribution in [1.82, 2.24) is 4.98 Å². The van der Waals surface area contributed by atoms with Crippen LogP contribution in [0.5, 0.6) is 0 Å². The summed E-state index contributed by atoms with van der Waals surface area (Å²) in [4.78, 5) is 16.3. The molecule has 0 aliphatic heterocycles. The van der Waals surface area contributed by atoms with Crippen LogP contribution < -0.4 is 5.32 Å². The summed E-state index contributed by atoms with van der Waals surface area (Å²) in [6.07, 6.45) is 1.69. The predicted molar refractivity (Wildman–Crippen MR) is 82.1 cm³/mol. The molecule has 3 nitrogen and oxygen atoms in total. The first kappa shape index (κ1) is 14.3. The molecule has 20 heavy (non-hydrogen) atoms. The number of aromatic nitrogens is 1. The Morgan fingerprint density at radius 2 is 1.75 bits per heavy atom. The number of anilines is 1. The Bertz CT molecular complexity index is 610. The van der Waals surface area contributed by atoms with Crippen LogP contribution in [0.3, 0.4) is 0 Å². The number of benzene rings is 1. The molecule has 0 radical (unpaired) electrons. The van der Waals surface area contributed by atoms with Gasteiger partial charge in [0.05, 0.1) is 0 Å². The SMILES string of the molecule is Cc1ccnc(NC(=O)c2ccc(C(C)(C)C)cc2)c1. The Kier molecular flexibility index (Phi) is 3.89. The van der Waals surface area contributed by atoms with Crippen molar-refractivity contribution in [1.29, 1.82) is 0 Å². The van der Waals surface area contributed by atoms with Crippen molar-refractivity contribution in [2.75, 3.05) is 5.32 Å². The summed E-state index contributed by atoms with van der Waals surface area (Å²) in [7, 11) is 0. The van der Waals surface area contributed by atoms with Gasteiger partial charge in [-0.25, -0.2) is 4.98 Å². The zero-order valence-electron chi connectivity index (χ0n) is 12.4. The second-order valence-electron chi connectivity index (χ2n) is 6.00. The van der Waals surface area contributed by atoms with Gasteiger partial charge in [0.1, 0.15) is 5.82 Å². The highest BCUT2D eigenvalue weighted by Gasteiger charge is 2.14. The molecule has 0 bridgehead atoms. The summed E-state index contributed by atoms with van der Waals surface area (Å²) in [6.45, 7) is 8.42. The fraction of sp³-hybridized carbons (Fsp3) is 0.294. The molecule has 1 aromatic carbocycles. The highest BCUT2D eigenvalue weighted by Crippen LogP contribution is 2.22. The van der Waals surface area contributed by atoms with Crippen molar-refractivity contribution < 1.29 is 4.79 Å². The number of amides is 1. The third-order valence-electron chi connectivity index (χ3n) is 3.17. The van der Waals surface area contributed by atoms with Crippen molar-refractivity contribution in [3.05, 3.63) is 59.3 Å². The van der Waals surface area contributed by atoms with Crippen molar-refractivity contribution in [3.63, 3.8) is 0 Å². The molecular weight excluding hydrogens is 248 g/mol. The van der Waals surface area contributed by atoms with E-state index in [1.165, 1.54) is 5.56 Å². The monoisotopic (exact) mass is 268 g/mol. The van der Waals surface area contributed by atoms with Gasteiger partial charge in [0.2, 0.25) is 0 Å². The summed E-state index contributed by atoms with van der Waals surface area (Å²) in [5.74, 6) is 0.443. The van der Waals surface area contributed by atoms with Gasteiger partial charge < -0.3 is 5.32 Å². The van der Waals surface area contributed by atoms with Crippen molar-refractivity contribution >= 4 is 11.7 Å². The number of aryl methyl sites for hydroxylation is 1. The average Bonchev–Trinajstić information content (AvgIpc) is 2.38. The van der Waals surface area contributed by atoms with Crippen LogP contribution in [0.25, 0.3) is 0 Å². The van der Waals surface area contributed by atoms with Gasteiger partial charge in [-0.3, -0.25) is 4.79 Å². The summed E-state index contributed by atoms with van der Waals surface area (Å²) in [5, 5.41) is 2.81. The standard InChI is InChI=1S/C17H20N2O/c1-12-9-10-18-15(11-12)19-16(20)13-5-7-14(8-6-13)17(2,3)4/h5-11H,1-4H3,(H,18,19,20). The second kappa shape index (κ2) is 5.45. The van der Waals surface area contributed by atoms with Crippen LogP contribution in [0.2, 0.25) is 0 Å². The van der Waals surface area contributed by atoms with Crippen molar-refractivity contribution in [2.45, 2.75) is 33.1 Å². The second-order valence-corrected chi connectivity index (χ2v) is 6.00. The molecule has 0 saturated heterocycles. The first-order valence-electron chi connectivity index (χ1n) is 6.71. The zero-order valence-corrected chi connectivity index (χ0v) is 12.4. The molecule has 0 fully saturated rings. The van der Waals surface area contributed by atoms with E-state index in [1.54, 1.807) is 6.20 Å². The molecule has 0 spiro atoms. The topological polar surface area (TPSA) is 42.0 Å². The number of pyridine rings is 1. The van der Waals surface area contributed by atoms with Crippen LogP contribution in [-0.4, -0.2) is 10.9 Å². The number of hydrogen-bond donors (Lipinski definition) is 1. The zero-order chi connectivity index (χ0) is 14.8. The van der Waals surface area contributed by atoms with Gasteiger partial charge in [-0.2, -0.15) is 0 Å². The molecule has 1 N–H and O–H groups in total. The van der Waals surface area contributed by atoms with Crippen LogP contribution in [0, 0.1) is 6.92 Å². The van der Waals surface area contributed by atoms with Crippen LogP contribution in [-0.2, 0) is 5.41 Å². The molecule has 1 amide bonds. The molecular formula is C17H20N2O. The lowest BCUT2D eigenvalue weighted by atomic mass is 9.87. The summed E-state index contributed by atoms with van der Waals surface area (Å²) in [5.41, 5.74) is 3.01. The number of nitrogens with zero attached hydrogens (tertiary/aromatic N) is 1. The van der Waals surface area contributed by atoms with Gasteiger partial charge in [0.25, 0.3) is 5.91 Å². The number of nitrogens with one attached hydrogen (secondary N) is 1. The Morgan fingerprint density at radius 1 is 1.10 bits per heavy atom. The predicted octanol–water partition coefficient (Wildman–Crippen LogP) is 3.94. The number of carbonyl (C=O) groups excluding carboxylic acids is 1. The summed E-state index contributed by atoms with van der Waals surface area (Å²) >= 11 is 0. The van der Waals surface area contributed by atoms with Crippen LogP contribution in [0.4, 0.5) is 5.82 Å². The molecule has 0 atom stereocenters. The molecule has 104 valence electrons. The van der Waals surface area contributed by atoms with Gasteiger partial charge in [0, 0.05) is 11.8 Å². The van der Waals surface area contributed by atoms with Gasteiger partial charge in [0.15, 0.2) is 0 Å². The third kappa shape index (κ3) is 3.44. The maximum absolute atomic E-state index is 12.1. The Labute approximate surface area is 120 Å². The smallest absolute Gasteiger partial charge is 0.256 e. The van der Waals surface area contributed by atoms with Crippen LogP contribution in [0.1, 0.15) is 42.3 Å². The first-order valence-corrected chi connectivity index (χ1v) is 6.71. The van der Waals surface area contributed by atoms with E-state index in [0.717, 1.165) is 5.56 Å². The lowest BCUT2D eigenvalue weighted by molar-refractivity contribution is 0.102. The van der Waals surface area contributed by atoms with Crippen LogP contribution in [0.15, 0.2) is 42.6 Å². The maximum atomic E-state index is 12.1. The van der Waals surface area contributed by atoms with E-state index in [4.69, 9.17) is 0 Å². The Morgan fingerprint density at radius 3 is 2.30 bits per heavy atom. The molecule has 2 aromatic rings. The van der Waals surface area contributed by atoms with Crippen molar-refractivity contribution in [2.24, 2.45) is 0 Å². The number of carbonyl (C=O) groups is 1. The highest BCUT2D eigenvalue weighted by molar-refractivity contribution is 6.03. The Hall–Kier alpha value is -2.16. The minimum atomic E-state index is -0.136. The van der Waals surface area contributed by atoms with E-state index < -0.39 is 0 Å². The van der Waals surface area contributed by atoms with Gasteiger partial charge >= 0.3 is 0 Å². The fourth-order valence-electron chi connectivity index (χ4n) is 1.91. The molecule has 3 heteroatoms. The lowest BCUT2D eigenvalue weighted by Crippen LogP contribution is -2.15. The summed E-state index contributed by atoms with van der Waals surface area (Å²) < 4.78 is 0. The van der Waals surface area contributed by atoms with Gasteiger partial charge in [-0.15, -0.1) is 0 Å². The highest BCUT2D eigenvalue weighted by atomic mass is 16.1. The van der Waals surface area contributed by atoms with Crippen LogP contribution >= 0.6 is 0 Å². The molecule has 2 rings (SSSR count). The molecule has 0 unspecified atom stereocenters. The largest absolute Gasteiger partial charge is 0.307 e. The van der Waals surface area contributed by atoms with E-state index in [1.807, 2.05) is 43.3 Å². The lowest BCUT2D eigenvalue weighted by Gasteiger charge is -2.19. The Balaban J connectivity index is 2.14. The molecule has 0 aliphatic rings. The average molecular weight is 268 g/mol. The van der Waals surface area contributed by atoms with Gasteiger partial charge in [-0.05, 0) is 47.7 Å². The normalized spacial score (nSPS) is 11.2. The van der Waals surface area contributed by atoms with E-state index in [-0.39, 0.29) is 11.3 Å². The maximum Gasteiger partial charge on any atom is 0.256 e. The number of hydrogen-bond acceptors (Lipinski definition) is 2. The molecule has 1 aromatic heterocycles.